The lowest BCUT2D eigenvalue weighted by Crippen LogP contribution is -2.50. The molecule has 4 nitrogen and oxygen atoms in total. The van der Waals surface area contributed by atoms with Crippen LogP contribution in [-0.2, 0) is 14.3 Å². The molecule has 0 aromatic carbocycles. The summed E-state index contributed by atoms with van der Waals surface area (Å²) in [5.41, 5.74) is -0.852. The van der Waals surface area contributed by atoms with Gasteiger partial charge in [0.25, 0.3) is 0 Å². The first-order valence-electron chi connectivity index (χ1n) is 4.43. The summed E-state index contributed by atoms with van der Waals surface area (Å²) in [5, 5.41) is 9.00. The molecular weight excluding hydrogens is 172 g/mol. The van der Waals surface area contributed by atoms with Gasteiger partial charge >= 0.3 is 5.97 Å². The molecule has 0 bridgehead atoms. The predicted molar refractivity (Wildman–Crippen MR) is 46.3 cm³/mol. The van der Waals surface area contributed by atoms with E-state index in [2.05, 4.69) is 0 Å². The van der Waals surface area contributed by atoms with Crippen molar-refractivity contribution in [3.8, 4) is 0 Å². The number of carboxylic acids is 1. The lowest BCUT2D eigenvalue weighted by molar-refractivity contribution is -0.283. The summed E-state index contributed by atoms with van der Waals surface area (Å²) in [6.45, 7) is 5.86. The fourth-order valence-corrected chi connectivity index (χ4v) is 1.19. The summed E-state index contributed by atoms with van der Waals surface area (Å²) in [6, 6.07) is 0. The van der Waals surface area contributed by atoms with Gasteiger partial charge < -0.3 is 14.6 Å². The fourth-order valence-electron chi connectivity index (χ4n) is 1.19. The van der Waals surface area contributed by atoms with Gasteiger partial charge in [0.15, 0.2) is 5.79 Å². The second-order valence-electron chi connectivity index (χ2n) is 3.92. The van der Waals surface area contributed by atoms with Gasteiger partial charge in [-0.05, 0) is 20.3 Å². The number of carboxylic acid groups (broad SMARTS) is 1. The quantitative estimate of drug-likeness (QED) is 0.708. The van der Waals surface area contributed by atoms with Crippen molar-refractivity contribution in [3.05, 3.63) is 0 Å². The SMILES string of the molecule is CCC1(C(=O)O)COC(C)(C)OC1. The molecule has 1 fully saturated rings. The van der Waals surface area contributed by atoms with Crippen LogP contribution in [0.5, 0.6) is 0 Å². The predicted octanol–water partition coefficient (Wildman–Crippen LogP) is 1.25. The van der Waals surface area contributed by atoms with Crippen molar-refractivity contribution in [2.75, 3.05) is 13.2 Å². The molecule has 1 aliphatic rings. The van der Waals surface area contributed by atoms with Crippen molar-refractivity contribution in [2.45, 2.75) is 33.0 Å². The monoisotopic (exact) mass is 188 g/mol. The maximum Gasteiger partial charge on any atom is 0.314 e. The third-order valence-corrected chi connectivity index (χ3v) is 2.52. The second-order valence-corrected chi connectivity index (χ2v) is 3.92. The standard InChI is InChI=1S/C9H16O4/c1-4-9(7(10)11)5-12-8(2,3)13-6-9/h4-6H2,1-3H3,(H,10,11). The molecule has 0 atom stereocenters. The van der Waals surface area contributed by atoms with Gasteiger partial charge in [0, 0.05) is 0 Å². The molecule has 1 heterocycles. The Morgan fingerprint density at radius 1 is 1.38 bits per heavy atom. The van der Waals surface area contributed by atoms with E-state index in [4.69, 9.17) is 14.6 Å². The van der Waals surface area contributed by atoms with Gasteiger partial charge in [-0.3, -0.25) is 4.79 Å². The zero-order valence-corrected chi connectivity index (χ0v) is 8.29. The lowest BCUT2D eigenvalue weighted by atomic mass is 9.86. The highest BCUT2D eigenvalue weighted by Crippen LogP contribution is 2.32. The molecule has 0 unspecified atom stereocenters. The highest BCUT2D eigenvalue weighted by atomic mass is 16.7. The van der Waals surface area contributed by atoms with Crippen molar-refractivity contribution < 1.29 is 19.4 Å². The van der Waals surface area contributed by atoms with Crippen molar-refractivity contribution in [2.24, 2.45) is 5.41 Å². The van der Waals surface area contributed by atoms with Gasteiger partial charge in [-0.1, -0.05) is 6.92 Å². The summed E-state index contributed by atoms with van der Waals surface area (Å²) in [5.74, 6) is -1.49. The molecular formula is C9H16O4. The van der Waals surface area contributed by atoms with E-state index in [1.54, 1.807) is 13.8 Å². The molecule has 1 aliphatic heterocycles. The Hall–Kier alpha value is -0.610. The largest absolute Gasteiger partial charge is 0.481 e. The van der Waals surface area contributed by atoms with Gasteiger partial charge in [-0.15, -0.1) is 0 Å². The van der Waals surface area contributed by atoms with Gasteiger partial charge in [-0.25, -0.2) is 0 Å². The molecule has 0 spiro atoms. The minimum atomic E-state index is -0.852. The smallest absolute Gasteiger partial charge is 0.314 e. The first-order valence-corrected chi connectivity index (χ1v) is 4.43. The van der Waals surface area contributed by atoms with Crippen molar-refractivity contribution >= 4 is 5.97 Å². The zero-order valence-electron chi connectivity index (χ0n) is 8.29. The Morgan fingerprint density at radius 2 is 1.85 bits per heavy atom. The lowest BCUT2D eigenvalue weighted by Gasteiger charge is -2.40. The summed E-state index contributed by atoms with van der Waals surface area (Å²) < 4.78 is 10.7. The minimum Gasteiger partial charge on any atom is -0.481 e. The Labute approximate surface area is 77.8 Å². The van der Waals surface area contributed by atoms with Crippen LogP contribution in [0, 0.1) is 5.41 Å². The number of hydrogen-bond acceptors (Lipinski definition) is 3. The van der Waals surface area contributed by atoms with Gasteiger partial charge in [0.1, 0.15) is 5.41 Å². The van der Waals surface area contributed by atoms with Crippen LogP contribution in [0.2, 0.25) is 0 Å². The van der Waals surface area contributed by atoms with Crippen LogP contribution in [0.15, 0.2) is 0 Å². The fraction of sp³-hybridized carbons (Fsp3) is 0.889. The maximum atomic E-state index is 11.0. The molecule has 4 heteroatoms. The number of rotatable bonds is 2. The van der Waals surface area contributed by atoms with Crippen LogP contribution in [0.25, 0.3) is 0 Å². The number of aliphatic carboxylic acids is 1. The average molecular weight is 188 g/mol. The highest BCUT2D eigenvalue weighted by molar-refractivity contribution is 5.75. The van der Waals surface area contributed by atoms with Crippen LogP contribution in [0.3, 0.4) is 0 Å². The Balaban J connectivity index is 2.69. The minimum absolute atomic E-state index is 0.228. The van der Waals surface area contributed by atoms with Crippen LogP contribution in [-0.4, -0.2) is 30.1 Å². The summed E-state index contributed by atoms with van der Waals surface area (Å²) in [6.07, 6.45) is 0.526. The summed E-state index contributed by atoms with van der Waals surface area (Å²) in [4.78, 5) is 11.0. The van der Waals surface area contributed by atoms with Crippen LogP contribution >= 0.6 is 0 Å². The normalized spacial score (nSPS) is 25.5. The molecule has 0 amide bonds. The Kier molecular flexibility index (Phi) is 2.63. The van der Waals surface area contributed by atoms with E-state index in [0.29, 0.717) is 6.42 Å². The number of carbonyl (C=O) groups is 1. The van der Waals surface area contributed by atoms with E-state index in [1.807, 2.05) is 6.92 Å². The third-order valence-electron chi connectivity index (χ3n) is 2.52. The van der Waals surface area contributed by atoms with Crippen molar-refractivity contribution in [1.29, 1.82) is 0 Å². The molecule has 0 aromatic heterocycles. The van der Waals surface area contributed by atoms with Crippen molar-refractivity contribution in [3.63, 3.8) is 0 Å². The van der Waals surface area contributed by atoms with E-state index in [1.165, 1.54) is 0 Å². The molecule has 0 saturated carbocycles. The number of ether oxygens (including phenoxy) is 2. The van der Waals surface area contributed by atoms with E-state index >= 15 is 0 Å². The molecule has 1 saturated heterocycles. The van der Waals surface area contributed by atoms with E-state index in [0.717, 1.165) is 0 Å². The molecule has 1 N–H and O–H groups in total. The molecule has 1 rings (SSSR count). The molecule has 76 valence electrons. The third kappa shape index (κ3) is 2.00. The topological polar surface area (TPSA) is 55.8 Å². The maximum absolute atomic E-state index is 11.0. The Morgan fingerprint density at radius 3 is 2.15 bits per heavy atom. The first kappa shape index (κ1) is 10.5. The highest BCUT2D eigenvalue weighted by Gasteiger charge is 2.44. The second kappa shape index (κ2) is 3.27. The van der Waals surface area contributed by atoms with Gasteiger partial charge in [0.05, 0.1) is 13.2 Å². The molecule has 0 aromatic rings. The summed E-state index contributed by atoms with van der Waals surface area (Å²) >= 11 is 0. The van der Waals surface area contributed by atoms with Crippen molar-refractivity contribution in [1.82, 2.24) is 0 Å². The molecule has 0 radical (unpaired) electrons. The van der Waals surface area contributed by atoms with Crippen LogP contribution < -0.4 is 0 Å². The van der Waals surface area contributed by atoms with Gasteiger partial charge in [-0.2, -0.15) is 0 Å². The van der Waals surface area contributed by atoms with Gasteiger partial charge in [0.2, 0.25) is 0 Å². The zero-order chi connectivity index (χ0) is 10.1. The molecule has 13 heavy (non-hydrogen) atoms. The summed E-state index contributed by atoms with van der Waals surface area (Å²) in [7, 11) is 0. The number of hydrogen-bond donors (Lipinski definition) is 1. The Bertz CT molecular complexity index is 200. The van der Waals surface area contributed by atoms with Crippen LogP contribution in [0.1, 0.15) is 27.2 Å². The van der Waals surface area contributed by atoms with E-state index in [9.17, 15) is 4.79 Å². The van der Waals surface area contributed by atoms with E-state index in [-0.39, 0.29) is 13.2 Å². The van der Waals surface area contributed by atoms with Crippen LogP contribution in [0.4, 0.5) is 0 Å². The average Bonchev–Trinajstić information content (AvgIpc) is 2.05. The first-order chi connectivity index (χ1) is 5.92. The van der Waals surface area contributed by atoms with E-state index < -0.39 is 17.2 Å². The molecule has 0 aliphatic carbocycles.